The fraction of sp³-hybridized carbons (Fsp3) is 0.625. The van der Waals surface area contributed by atoms with Crippen molar-refractivity contribution in [1.29, 1.82) is 0 Å². The van der Waals surface area contributed by atoms with Crippen LogP contribution in [0.3, 0.4) is 0 Å². The first kappa shape index (κ1) is 16.2. The van der Waals surface area contributed by atoms with Crippen molar-refractivity contribution in [2.75, 3.05) is 65.6 Å². The van der Waals surface area contributed by atoms with Crippen LogP contribution in [-0.2, 0) is 0 Å². The van der Waals surface area contributed by atoms with Crippen LogP contribution in [0.1, 0.15) is 11.7 Å². The summed E-state index contributed by atoms with van der Waals surface area (Å²) in [4.78, 5) is 7.05. The van der Waals surface area contributed by atoms with Gasteiger partial charge in [-0.15, -0.1) is 0 Å². The summed E-state index contributed by atoms with van der Waals surface area (Å²) in [6.07, 6.45) is -0.432. The number of rotatable bonds is 6. The molecule has 118 valence electrons. The number of piperazine rings is 1. The summed E-state index contributed by atoms with van der Waals surface area (Å²) in [6.45, 7) is 7.16. The normalized spacial score (nSPS) is 19.0. The largest absolute Gasteiger partial charge is 0.399 e. The first-order valence-electron chi connectivity index (χ1n) is 7.67. The Bertz CT molecular complexity index is 413. The van der Waals surface area contributed by atoms with Crippen molar-refractivity contribution < 1.29 is 5.11 Å². The zero-order valence-corrected chi connectivity index (χ0v) is 13.2. The molecule has 1 aromatic rings. The molecule has 0 amide bonds. The Morgan fingerprint density at radius 2 is 1.67 bits per heavy atom. The summed E-state index contributed by atoms with van der Waals surface area (Å²) >= 11 is 0. The predicted molar refractivity (Wildman–Crippen MR) is 87.2 cm³/mol. The summed E-state index contributed by atoms with van der Waals surface area (Å²) in [5.41, 5.74) is 7.36. The fourth-order valence-corrected chi connectivity index (χ4v) is 2.61. The van der Waals surface area contributed by atoms with E-state index in [1.807, 2.05) is 24.3 Å². The lowest BCUT2D eigenvalue weighted by Gasteiger charge is -2.36. The van der Waals surface area contributed by atoms with Gasteiger partial charge in [-0.05, 0) is 31.8 Å². The van der Waals surface area contributed by atoms with Gasteiger partial charge in [-0.3, -0.25) is 9.80 Å². The van der Waals surface area contributed by atoms with Gasteiger partial charge in [0.05, 0.1) is 6.10 Å². The number of hydrogen-bond acceptors (Lipinski definition) is 5. The lowest BCUT2D eigenvalue weighted by atomic mass is 10.1. The summed E-state index contributed by atoms with van der Waals surface area (Å²) in [6, 6.07) is 7.51. The quantitative estimate of drug-likeness (QED) is 0.747. The third-order valence-corrected chi connectivity index (χ3v) is 4.08. The summed E-state index contributed by atoms with van der Waals surface area (Å²) in [5, 5.41) is 10.3. The Balaban J connectivity index is 1.74. The van der Waals surface area contributed by atoms with E-state index in [1.165, 1.54) is 0 Å². The number of aliphatic hydroxyl groups excluding tert-OH is 1. The molecule has 1 aliphatic heterocycles. The molecule has 1 aliphatic rings. The maximum Gasteiger partial charge on any atom is 0.0916 e. The molecule has 1 fully saturated rings. The Labute approximate surface area is 127 Å². The molecular formula is C16H28N4O. The standard InChI is InChI=1S/C16H28N4O/c1-18(2)7-8-19-9-11-20(12-10-19)13-16(21)14-3-5-15(17)6-4-14/h3-6,16,21H,7-13,17H2,1-2H3. The van der Waals surface area contributed by atoms with Gasteiger partial charge < -0.3 is 15.7 Å². The molecule has 0 bridgehead atoms. The van der Waals surface area contributed by atoms with Crippen molar-refractivity contribution in [3.8, 4) is 0 Å². The third kappa shape index (κ3) is 5.28. The van der Waals surface area contributed by atoms with Gasteiger partial charge >= 0.3 is 0 Å². The van der Waals surface area contributed by atoms with Crippen LogP contribution in [0.25, 0.3) is 0 Å². The van der Waals surface area contributed by atoms with E-state index in [2.05, 4.69) is 28.8 Å². The van der Waals surface area contributed by atoms with Gasteiger partial charge in [0.15, 0.2) is 0 Å². The van der Waals surface area contributed by atoms with Crippen LogP contribution < -0.4 is 5.73 Å². The number of aliphatic hydroxyl groups is 1. The average molecular weight is 292 g/mol. The SMILES string of the molecule is CN(C)CCN1CCN(CC(O)c2ccc(N)cc2)CC1. The van der Waals surface area contributed by atoms with Crippen molar-refractivity contribution in [3.05, 3.63) is 29.8 Å². The topological polar surface area (TPSA) is 56.0 Å². The number of hydrogen-bond donors (Lipinski definition) is 2. The molecule has 21 heavy (non-hydrogen) atoms. The molecule has 0 spiro atoms. The molecule has 1 saturated heterocycles. The Kier molecular flexibility index (Phi) is 5.99. The second kappa shape index (κ2) is 7.75. The van der Waals surface area contributed by atoms with E-state index in [0.717, 1.165) is 50.5 Å². The Hall–Kier alpha value is -1.14. The van der Waals surface area contributed by atoms with Crippen LogP contribution in [0.2, 0.25) is 0 Å². The van der Waals surface area contributed by atoms with E-state index in [1.54, 1.807) is 0 Å². The van der Waals surface area contributed by atoms with Gasteiger partial charge in [0, 0.05) is 51.5 Å². The highest BCUT2D eigenvalue weighted by Crippen LogP contribution is 2.16. The van der Waals surface area contributed by atoms with Gasteiger partial charge in [0.2, 0.25) is 0 Å². The minimum Gasteiger partial charge on any atom is -0.399 e. The molecule has 0 saturated carbocycles. The number of benzene rings is 1. The highest BCUT2D eigenvalue weighted by atomic mass is 16.3. The maximum absolute atomic E-state index is 10.3. The molecular weight excluding hydrogens is 264 g/mol. The predicted octanol–water partition coefficient (Wildman–Crippen LogP) is 0.481. The zero-order valence-electron chi connectivity index (χ0n) is 13.2. The number of nitrogens with two attached hydrogens (primary N) is 1. The molecule has 1 atom stereocenters. The van der Waals surface area contributed by atoms with E-state index in [0.29, 0.717) is 6.54 Å². The first-order chi connectivity index (χ1) is 10.0. The van der Waals surface area contributed by atoms with Gasteiger partial charge in [0.25, 0.3) is 0 Å². The molecule has 2 rings (SSSR count). The van der Waals surface area contributed by atoms with Crippen LogP contribution in [0.4, 0.5) is 5.69 Å². The van der Waals surface area contributed by atoms with Crippen molar-refractivity contribution in [3.63, 3.8) is 0 Å². The first-order valence-corrected chi connectivity index (χ1v) is 7.67. The summed E-state index contributed by atoms with van der Waals surface area (Å²) < 4.78 is 0. The highest BCUT2D eigenvalue weighted by molar-refractivity contribution is 5.39. The van der Waals surface area contributed by atoms with Crippen molar-refractivity contribution in [1.82, 2.24) is 14.7 Å². The maximum atomic E-state index is 10.3. The number of anilines is 1. The van der Waals surface area contributed by atoms with E-state index < -0.39 is 6.10 Å². The Morgan fingerprint density at radius 1 is 1.10 bits per heavy atom. The van der Waals surface area contributed by atoms with Crippen LogP contribution in [0, 0.1) is 0 Å². The lowest BCUT2D eigenvalue weighted by Crippen LogP contribution is -2.48. The molecule has 0 aliphatic carbocycles. The lowest BCUT2D eigenvalue weighted by molar-refractivity contribution is 0.0705. The average Bonchev–Trinajstić information content (AvgIpc) is 2.47. The molecule has 0 radical (unpaired) electrons. The van der Waals surface area contributed by atoms with Gasteiger partial charge in [-0.25, -0.2) is 0 Å². The molecule has 3 N–H and O–H groups in total. The van der Waals surface area contributed by atoms with Crippen LogP contribution in [0.15, 0.2) is 24.3 Å². The highest BCUT2D eigenvalue weighted by Gasteiger charge is 2.19. The summed E-state index contributed by atoms with van der Waals surface area (Å²) in [5.74, 6) is 0. The third-order valence-electron chi connectivity index (χ3n) is 4.08. The van der Waals surface area contributed by atoms with Crippen LogP contribution in [0.5, 0.6) is 0 Å². The second-order valence-corrected chi connectivity index (χ2v) is 6.13. The minimum absolute atomic E-state index is 0.432. The van der Waals surface area contributed by atoms with Crippen molar-refractivity contribution in [2.45, 2.75) is 6.10 Å². The van der Waals surface area contributed by atoms with Gasteiger partial charge in [0.1, 0.15) is 0 Å². The second-order valence-electron chi connectivity index (χ2n) is 6.13. The zero-order chi connectivity index (χ0) is 15.2. The molecule has 5 nitrogen and oxygen atoms in total. The minimum atomic E-state index is -0.432. The van der Waals surface area contributed by atoms with E-state index >= 15 is 0 Å². The molecule has 1 heterocycles. The number of likely N-dealkylation sites (N-methyl/N-ethyl adjacent to an activating group) is 1. The summed E-state index contributed by atoms with van der Waals surface area (Å²) in [7, 11) is 4.22. The number of nitrogens with zero attached hydrogens (tertiary/aromatic N) is 3. The number of nitrogen functional groups attached to an aromatic ring is 1. The van der Waals surface area contributed by atoms with E-state index in [-0.39, 0.29) is 0 Å². The van der Waals surface area contributed by atoms with Crippen molar-refractivity contribution >= 4 is 5.69 Å². The van der Waals surface area contributed by atoms with E-state index in [4.69, 9.17) is 5.73 Å². The Morgan fingerprint density at radius 3 is 2.24 bits per heavy atom. The smallest absolute Gasteiger partial charge is 0.0916 e. The van der Waals surface area contributed by atoms with Crippen LogP contribution in [-0.4, -0.2) is 79.7 Å². The monoisotopic (exact) mass is 292 g/mol. The van der Waals surface area contributed by atoms with Gasteiger partial charge in [-0.2, -0.15) is 0 Å². The van der Waals surface area contributed by atoms with Crippen LogP contribution >= 0.6 is 0 Å². The number of β-amino-alcohol motifs (C(OH)–C–C–N with tert-alkyl or cyclic N) is 1. The molecule has 1 unspecified atom stereocenters. The van der Waals surface area contributed by atoms with Gasteiger partial charge in [-0.1, -0.05) is 12.1 Å². The molecule has 5 heteroatoms. The van der Waals surface area contributed by atoms with E-state index in [9.17, 15) is 5.11 Å². The molecule has 0 aromatic heterocycles. The molecule has 1 aromatic carbocycles. The fourth-order valence-electron chi connectivity index (χ4n) is 2.61. The van der Waals surface area contributed by atoms with Crippen molar-refractivity contribution in [2.24, 2.45) is 0 Å².